The van der Waals surface area contributed by atoms with Gasteiger partial charge in [-0.1, -0.05) is 30.3 Å². The van der Waals surface area contributed by atoms with Crippen molar-refractivity contribution in [2.24, 2.45) is 0 Å². The number of nitrogens with one attached hydrogen (secondary N) is 1. The third-order valence-corrected chi connectivity index (χ3v) is 6.33. The van der Waals surface area contributed by atoms with Crippen LogP contribution in [0.25, 0.3) is 28.2 Å². The van der Waals surface area contributed by atoms with Crippen LogP contribution in [0.2, 0.25) is 0 Å². The molecule has 0 aliphatic carbocycles. The Bertz CT molecular complexity index is 1320. The molecule has 2 fully saturated rings. The van der Waals surface area contributed by atoms with Crippen molar-refractivity contribution in [2.75, 3.05) is 44.4 Å². The highest BCUT2D eigenvalue weighted by Crippen LogP contribution is 2.29. The van der Waals surface area contributed by atoms with Crippen molar-refractivity contribution >= 4 is 22.8 Å². The van der Waals surface area contributed by atoms with Crippen LogP contribution in [0, 0.1) is 0 Å². The van der Waals surface area contributed by atoms with Crippen LogP contribution in [0.1, 0.15) is 23.4 Å². The van der Waals surface area contributed by atoms with E-state index in [0.717, 1.165) is 24.0 Å². The van der Waals surface area contributed by atoms with E-state index < -0.39 is 0 Å². The molecule has 6 rings (SSSR count). The smallest absolute Gasteiger partial charge is 0.287 e. The highest BCUT2D eigenvalue weighted by atomic mass is 16.5. The van der Waals surface area contributed by atoms with E-state index in [1.807, 2.05) is 36.5 Å². The number of aromatic nitrogens is 4. The van der Waals surface area contributed by atoms with E-state index in [1.165, 1.54) is 0 Å². The first-order chi connectivity index (χ1) is 17.2. The number of hydrogen-bond donors (Lipinski definition) is 1. The minimum atomic E-state index is -0.255. The summed E-state index contributed by atoms with van der Waals surface area (Å²) in [6.45, 7) is 3.83. The summed E-state index contributed by atoms with van der Waals surface area (Å²) in [6, 6.07) is 11.8. The summed E-state index contributed by atoms with van der Waals surface area (Å²) in [5.74, 6) is 1.02. The molecule has 1 N–H and O–H groups in total. The molecular weight excluding hydrogens is 448 g/mol. The number of nitrogens with zero attached hydrogens (tertiary/aromatic N) is 5. The summed E-state index contributed by atoms with van der Waals surface area (Å²) >= 11 is 0. The fourth-order valence-electron chi connectivity index (χ4n) is 4.42. The standard InChI is InChI=1S/C25H26N6O4/c32-24(27-19-6-10-33-11-7-19)21-14-20-22(35-21)23(30-8-12-34-13-9-30)29-25(28-20)31-16-18(15-26-31)17-4-2-1-3-5-17/h1-5,14-16,19H,6-13H2,(H,27,32). The summed E-state index contributed by atoms with van der Waals surface area (Å²) in [5.41, 5.74) is 3.07. The van der Waals surface area contributed by atoms with Crippen molar-refractivity contribution in [1.29, 1.82) is 0 Å². The first-order valence-corrected chi connectivity index (χ1v) is 11.9. The highest BCUT2D eigenvalue weighted by Gasteiger charge is 2.25. The van der Waals surface area contributed by atoms with E-state index in [9.17, 15) is 4.79 Å². The number of rotatable bonds is 5. The van der Waals surface area contributed by atoms with Gasteiger partial charge in [-0.2, -0.15) is 10.1 Å². The van der Waals surface area contributed by atoms with Crippen LogP contribution in [-0.2, 0) is 9.47 Å². The topological polar surface area (TPSA) is 108 Å². The lowest BCUT2D eigenvalue weighted by Gasteiger charge is -2.27. The first-order valence-electron chi connectivity index (χ1n) is 11.9. The van der Waals surface area contributed by atoms with Gasteiger partial charge in [-0.25, -0.2) is 9.67 Å². The Labute approximate surface area is 201 Å². The monoisotopic (exact) mass is 474 g/mol. The lowest BCUT2D eigenvalue weighted by molar-refractivity contribution is 0.0684. The second-order valence-electron chi connectivity index (χ2n) is 8.67. The summed E-state index contributed by atoms with van der Waals surface area (Å²) < 4.78 is 18.6. The van der Waals surface area contributed by atoms with Gasteiger partial charge in [0.05, 0.1) is 19.4 Å². The third kappa shape index (κ3) is 4.50. The average Bonchev–Trinajstić information content (AvgIpc) is 3.58. The first kappa shape index (κ1) is 21.8. The summed E-state index contributed by atoms with van der Waals surface area (Å²) in [4.78, 5) is 24.5. The van der Waals surface area contributed by atoms with Gasteiger partial charge in [0.15, 0.2) is 17.2 Å². The van der Waals surface area contributed by atoms with Crippen LogP contribution in [0.5, 0.6) is 0 Å². The molecule has 1 aromatic carbocycles. The van der Waals surface area contributed by atoms with E-state index in [-0.39, 0.29) is 17.7 Å². The molecule has 2 aliphatic rings. The van der Waals surface area contributed by atoms with Crippen molar-refractivity contribution in [3.05, 3.63) is 54.6 Å². The minimum absolute atomic E-state index is 0.0744. The van der Waals surface area contributed by atoms with Gasteiger partial charge in [-0.15, -0.1) is 0 Å². The number of furan rings is 1. The van der Waals surface area contributed by atoms with Crippen molar-refractivity contribution in [3.8, 4) is 17.1 Å². The average molecular weight is 475 g/mol. The number of amides is 1. The quantitative estimate of drug-likeness (QED) is 0.471. The maximum atomic E-state index is 12.9. The summed E-state index contributed by atoms with van der Waals surface area (Å²) in [5, 5.41) is 7.55. The minimum Gasteiger partial charge on any atom is -0.445 e. The van der Waals surface area contributed by atoms with Gasteiger partial charge in [0.1, 0.15) is 5.52 Å². The number of morpholine rings is 1. The molecular formula is C25H26N6O4. The highest BCUT2D eigenvalue weighted by molar-refractivity contribution is 5.97. The third-order valence-electron chi connectivity index (χ3n) is 6.33. The summed E-state index contributed by atoms with van der Waals surface area (Å²) in [7, 11) is 0. The second kappa shape index (κ2) is 9.47. The number of carbonyl (C=O) groups is 1. The lowest BCUT2D eigenvalue weighted by atomic mass is 10.1. The molecule has 5 heterocycles. The van der Waals surface area contributed by atoms with Crippen LogP contribution in [0.3, 0.4) is 0 Å². The SMILES string of the molecule is O=C(NC1CCOCC1)c1cc2nc(-n3cc(-c4ccccc4)cn3)nc(N3CCOCC3)c2o1. The van der Waals surface area contributed by atoms with Crippen molar-refractivity contribution in [1.82, 2.24) is 25.1 Å². The van der Waals surface area contributed by atoms with Crippen molar-refractivity contribution in [2.45, 2.75) is 18.9 Å². The molecule has 180 valence electrons. The van der Waals surface area contributed by atoms with Crippen LogP contribution in [0.4, 0.5) is 5.82 Å². The summed E-state index contributed by atoms with van der Waals surface area (Å²) in [6.07, 6.45) is 5.27. The zero-order valence-corrected chi connectivity index (χ0v) is 19.2. The Morgan fingerprint density at radius 1 is 0.971 bits per heavy atom. The molecule has 0 atom stereocenters. The fourth-order valence-corrected chi connectivity index (χ4v) is 4.42. The Hall–Kier alpha value is -3.76. The van der Waals surface area contributed by atoms with Crippen LogP contribution < -0.4 is 10.2 Å². The molecule has 0 bridgehead atoms. The molecule has 10 heteroatoms. The normalized spacial score (nSPS) is 17.1. The molecule has 0 spiro atoms. The zero-order valence-electron chi connectivity index (χ0n) is 19.2. The Morgan fingerprint density at radius 2 is 1.74 bits per heavy atom. The van der Waals surface area contributed by atoms with Gasteiger partial charge in [-0.05, 0) is 18.4 Å². The fraction of sp³-hybridized carbons (Fsp3) is 0.360. The van der Waals surface area contributed by atoms with Gasteiger partial charge in [0.25, 0.3) is 11.9 Å². The van der Waals surface area contributed by atoms with Crippen molar-refractivity contribution < 1.29 is 18.7 Å². The number of carbonyl (C=O) groups excluding carboxylic acids is 1. The molecule has 4 aromatic rings. The van der Waals surface area contributed by atoms with E-state index in [2.05, 4.69) is 15.3 Å². The molecule has 2 aliphatic heterocycles. The van der Waals surface area contributed by atoms with E-state index in [0.29, 0.717) is 62.4 Å². The van der Waals surface area contributed by atoms with Gasteiger partial charge >= 0.3 is 0 Å². The molecule has 2 saturated heterocycles. The lowest BCUT2D eigenvalue weighted by Crippen LogP contribution is -2.38. The number of fused-ring (bicyclic) bond motifs is 1. The van der Waals surface area contributed by atoms with Crippen molar-refractivity contribution in [3.63, 3.8) is 0 Å². The van der Waals surface area contributed by atoms with Gasteiger partial charge in [0, 0.05) is 50.2 Å². The Morgan fingerprint density at radius 3 is 2.54 bits per heavy atom. The van der Waals surface area contributed by atoms with E-state index >= 15 is 0 Å². The molecule has 0 saturated carbocycles. The number of benzene rings is 1. The molecule has 3 aromatic heterocycles. The molecule has 0 unspecified atom stereocenters. The van der Waals surface area contributed by atoms with E-state index in [1.54, 1.807) is 16.9 Å². The molecule has 10 nitrogen and oxygen atoms in total. The largest absolute Gasteiger partial charge is 0.445 e. The number of anilines is 1. The maximum Gasteiger partial charge on any atom is 0.287 e. The Kier molecular flexibility index (Phi) is 5.89. The van der Waals surface area contributed by atoms with Gasteiger partial charge < -0.3 is 24.1 Å². The van der Waals surface area contributed by atoms with Gasteiger partial charge in [-0.3, -0.25) is 4.79 Å². The molecule has 1 amide bonds. The Balaban J connectivity index is 1.37. The number of ether oxygens (including phenoxy) is 2. The maximum absolute atomic E-state index is 12.9. The number of hydrogen-bond acceptors (Lipinski definition) is 8. The predicted molar refractivity (Wildman–Crippen MR) is 129 cm³/mol. The second-order valence-corrected chi connectivity index (χ2v) is 8.67. The van der Waals surface area contributed by atoms with E-state index in [4.69, 9.17) is 23.9 Å². The predicted octanol–water partition coefficient (Wildman–Crippen LogP) is 2.82. The van der Waals surface area contributed by atoms with Gasteiger partial charge in [0.2, 0.25) is 0 Å². The van der Waals surface area contributed by atoms with Crippen LogP contribution >= 0.6 is 0 Å². The molecule has 35 heavy (non-hydrogen) atoms. The zero-order chi connectivity index (χ0) is 23.6. The van der Waals surface area contributed by atoms with Crippen LogP contribution in [0.15, 0.2) is 53.2 Å². The van der Waals surface area contributed by atoms with Crippen LogP contribution in [-0.4, -0.2) is 71.2 Å². The molecule has 0 radical (unpaired) electrons.